The van der Waals surface area contributed by atoms with E-state index in [1.165, 1.54) is 13.2 Å². The van der Waals surface area contributed by atoms with Crippen molar-refractivity contribution in [2.75, 3.05) is 12.4 Å². The molecular weight excluding hydrogens is 276 g/mol. The van der Waals surface area contributed by atoms with Crippen molar-refractivity contribution in [2.24, 2.45) is 0 Å². The first-order valence-electron chi connectivity index (χ1n) is 6.32. The number of rotatable bonds is 4. The summed E-state index contributed by atoms with van der Waals surface area (Å²) in [6, 6.07) is 6.58. The minimum Gasteiger partial charge on any atom is -0.495 e. The molecule has 21 heavy (non-hydrogen) atoms. The molecule has 110 valence electrons. The average Bonchev–Trinajstić information content (AvgIpc) is 2.97. The first-order valence-corrected chi connectivity index (χ1v) is 6.32. The van der Waals surface area contributed by atoms with Crippen molar-refractivity contribution in [3.8, 4) is 11.8 Å². The number of benzene rings is 1. The SMILES string of the molecule is COc1cc(C#N)ccc1NC(=O)[C@@H]1CC[C@H](C(=O)O)O1. The van der Waals surface area contributed by atoms with Gasteiger partial charge in [0.15, 0.2) is 6.10 Å². The maximum atomic E-state index is 12.1. The van der Waals surface area contributed by atoms with Crippen LogP contribution in [-0.2, 0) is 14.3 Å². The van der Waals surface area contributed by atoms with Gasteiger partial charge in [0.25, 0.3) is 5.91 Å². The lowest BCUT2D eigenvalue weighted by Gasteiger charge is -2.14. The number of methoxy groups -OCH3 is 1. The molecule has 0 spiro atoms. The van der Waals surface area contributed by atoms with Gasteiger partial charge >= 0.3 is 5.97 Å². The summed E-state index contributed by atoms with van der Waals surface area (Å²) in [6.07, 6.45) is -1.09. The fraction of sp³-hybridized carbons (Fsp3) is 0.357. The fourth-order valence-corrected chi connectivity index (χ4v) is 2.09. The molecule has 1 aliphatic rings. The zero-order chi connectivity index (χ0) is 15.4. The molecule has 0 bridgehead atoms. The number of ether oxygens (including phenoxy) is 2. The number of aliphatic carboxylic acids is 1. The molecule has 7 nitrogen and oxygen atoms in total. The molecule has 0 saturated carbocycles. The van der Waals surface area contributed by atoms with E-state index in [9.17, 15) is 9.59 Å². The van der Waals surface area contributed by atoms with E-state index in [1.807, 2.05) is 6.07 Å². The maximum absolute atomic E-state index is 12.1. The summed E-state index contributed by atoms with van der Waals surface area (Å²) in [7, 11) is 1.43. The Morgan fingerprint density at radius 1 is 1.43 bits per heavy atom. The molecule has 7 heteroatoms. The van der Waals surface area contributed by atoms with Crippen LogP contribution < -0.4 is 10.1 Å². The molecule has 1 amide bonds. The van der Waals surface area contributed by atoms with Crippen LogP contribution in [0.5, 0.6) is 5.75 Å². The molecule has 0 aromatic heterocycles. The monoisotopic (exact) mass is 290 g/mol. The van der Waals surface area contributed by atoms with E-state index in [1.54, 1.807) is 12.1 Å². The Labute approximate surface area is 121 Å². The fourth-order valence-electron chi connectivity index (χ4n) is 2.09. The quantitative estimate of drug-likeness (QED) is 0.860. The van der Waals surface area contributed by atoms with E-state index >= 15 is 0 Å². The molecule has 1 aromatic carbocycles. The number of carbonyl (C=O) groups is 2. The molecule has 2 atom stereocenters. The normalized spacial score (nSPS) is 20.6. The predicted molar refractivity (Wildman–Crippen MR) is 71.9 cm³/mol. The van der Waals surface area contributed by atoms with E-state index in [-0.39, 0.29) is 0 Å². The zero-order valence-electron chi connectivity index (χ0n) is 11.3. The van der Waals surface area contributed by atoms with Gasteiger partial charge in [-0.05, 0) is 25.0 Å². The number of amides is 1. The van der Waals surface area contributed by atoms with Crippen molar-refractivity contribution in [1.29, 1.82) is 5.26 Å². The average molecular weight is 290 g/mol. The first kappa shape index (κ1) is 14.8. The van der Waals surface area contributed by atoms with Crippen LogP contribution in [0.1, 0.15) is 18.4 Å². The van der Waals surface area contributed by atoms with Gasteiger partial charge in [-0.25, -0.2) is 4.79 Å². The van der Waals surface area contributed by atoms with Gasteiger partial charge in [-0.3, -0.25) is 4.79 Å². The molecule has 1 aromatic rings. The zero-order valence-corrected chi connectivity index (χ0v) is 11.3. The number of carboxylic acids is 1. The number of nitrogens with one attached hydrogen (secondary N) is 1. The van der Waals surface area contributed by atoms with E-state index in [4.69, 9.17) is 19.8 Å². The maximum Gasteiger partial charge on any atom is 0.332 e. The predicted octanol–water partition coefficient (Wildman–Crippen LogP) is 1.14. The van der Waals surface area contributed by atoms with Crippen LogP contribution in [0.4, 0.5) is 5.69 Å². The number of carbonyl (C=O) groups excluding carboxylic acids is 1. The molecule has 1 aliphatic heterocycles. The van der Waals surface area contributed by atoms with Gasteiger partial charge in [-0.15, -0.1) is 0 Å². The summed E-state index contributed by atoms with van der Waals surface area (Å²) >= 11 is 0. The number of nitriles is 1. The molecule has 0 radical (unpaired) electrons. The highest BCUT2D eigenvalue weighted by Crippen LogP contribution is 2.27. The Morgan fingerprint density at radius 2 is 2.14 bits per heavy atom. The van der Waals surface area contributed by atoms with Crippen molar-refractivity contribution in [1.82, 2.24) is 0 Å². The van der Waals surface area contributed by atoms with Gasteiger partial charge in [0.1, 0.15) is 11.9 Å². The lowest BCUT2D eigenvalue weighted by atomic mass is 10.1. The second kappa shape index (κ2) is 6.24. The van der Waals surface area contributed by atoms with Crippen molar-refractivity contribution in [2.45, 2.75) is 25.0 Å². The molecule has 2 N–H and O–H groups in total. The Morgan fingerprint density at radius 3 is 2.71 bits per heavy atom. The summed E-state index contributed by atoms with van der Waals surface area (Å²) in [4.78, 5) is 22.8. The number of nitrogens with zero attached hydrogens (tertiary/aromatic N) is 1. The highest BCUT2D eigenvalue weighted by Gasteiger charge is 2.34. The minimum atomic E-state index is -1.07. The van der Waals surface area contributed by atoms with Gasteiger partial charge in [0.05, 0.1) is 24.4 Å². The lowest BCUT2D eigenvalue weighted by Crippen LogP contribution is -2.30. The number of hydrogen-bond acceptors (Lipinski definition) is 5. The van der Waals surface area contributed by atoms with Crippen molar-refractivity contribution in [3.05, 3.63) is 23.8 Å². The van der Waals surface area contributed by atoms with Crippen molar-refractivity contribution in [3.63, 3.8) is 0 Å². The van der Waals surface area contributed by atoms with Crippen LogP contribution in [0.15, 0.2) is 18.2 Å². The van der Waals surface area contributed by atoms with Crippen molar-refractivity contribution >= 4 is 17.6 Å². The summed E-state index contributed by atoms with van der Waals surface area (Å²) in [5.74, 6) is -1.14. The third kappa shape index (κ3) is 3.30. The van der Waals surface area contributed by atoms with Gasteiger partial charge in [-0.1, -0.05) is 0 Å². The Hall–Kier alpha value is -2.59. The Balaban J connectivity index is 2.07. The third-order valence-electron chi connectivity index (χ3n) is 3.18. The molecule has 2 rings (SSSR count). The van der Waals surface area contributed by atoms with Gasteiger partial charge in [0.2, 0.25) is 0 Å². The highest BCUT2D eigenvalue weighted by molar-refractivity contribution is 5.96. The second-order valence-corrected chi connectivity index (χ2v) is 4.55. The van der Waals surface area contributed by atoms with Crippen LogP contribution in [0.3, 0.4) is 0 Å². The van der Waals surface area contributed by atoms with Gasteiger partial charge in [-0.2, -0.15) is 5.26 Å². The van der Waals surface area contributed by atoms with Crippen LogP contribution in [0, 0.1) is 11.3 Å². The van der Waals surface area contributed by atoms with Crippen molar-refractivity contribution < 1.29 is 24.2 Å². The summed E-state index contributed by atoms with van der Waals surface area (Å²) < 4.78 is 10.3. The summed E-state index contributed by atoms with van der Waals surface area (Å²) in [6.45, 7) is 0. The first-order chi connectivity index (χ1) is 10.0. The van der Waals surface area contributed by atoms with Crippen LogP contribution in [-0.4, -0.2) is 36.3 Å². The number of hydrogen-bond donors (Lipinski definition) is 2. The van der Waals surface area contributed by atoms with Gasteiger partial charge < -0.3 is 19.9 Å². The van der Waals surface area contributed by atoms with Crippen LogP contribution in [0.25, 0.3) is 0 Å². The summed E-state index contributed by atoms with van der Waals surface area (Å²) in [5.41, 5.74) is 0.816. The van der Waals surface area contributed by atoms with E-state index in [0.29, 0.717) is 29.8 Å². The van der Waals surface area contributed by atoms with Crippen LogP contribution >= 0.6 is 0 Å². The molecule has 1 saturated heterocycles. The van der Waals surface area contributed by atoms with E-state index in [2.05, 4.69) is 5.32 Å². The lowest BCUT2D eigenvalue weighted by molar-refractivity contribution is -0.150. The smallest absolute Gasteiger partial charge is 0.332 e. The second-order valence-electron chi connectivity index (χ2n) is 4.55. The standard InChI is InChI=1S/C14H14N2O5/c1-20-12-6-8(7-15)2-3-9(12)16-13(17)10-4-5-11(21-10)14(18)19/h2-3,6,10-11H,4-5H2,1H3,(H,16,17)(H,18,19)/t10-,11+/m0/s1. The Kier molecular flexibility index (Phi) is 4.40. The topological polar surface area (TPSA) is 109 Å². The van der Waals surface area contributed by atoms with E-state index < -0.39 is 24.1 Å². The number of carboxylic acid groups (broad SMARTS) is 1. The molecule has 1 fully saturated rings. The molecule has 0 aliphatic carbocycles. The largest absolute Gasteiger partial charge is 0.495 e. The molecule has 0 unspecified atom stereocenters. The van der Waals surface area contributed by atoms with E-state index in [0.717, 1.165) is 0 Å². The van der Waals surface area contributed by atoms with Gasteiger partial charge in [0, 0.05) is 6.07 Å². The number of anilines is 1. The molecule has 1 heterocycles. The Bertz CT molecular complexity index is 608. The third-order valence-corrected chi connectivity index (χ3v) is 3.18. The minimum absolute atomic E-state index is 0.303. The van der Waals surface area contributed by atoms with Crippen LogP contribution in [0.2, 0.25) is 0 Å². The molecular formula is C14H14N2O5. The highest BCUT2D eigenvalue weighted by atomic mass is 16.5. The summed E-state index contributed by atoms with van der Waals surface area (Å²) in [5, 5.41) is 20.3.